The number of hydrogen-bond acceptors (Lipinski definition) is 3. The third kappa shape index (κ3) is 4.66. The van der Waals surface area contributed by atoms with Gasteiger partial charge in [0.2, 0.25) is 5.91 Å². The molecule has 0 aromatic rings. The summed E-state index contributed by atoms with van der Waals surface area (Å²) in [5.74, 6) is -1.38. The molecule has 0 radical (unpaired) electrons. The summed E-state index contributed by atoms with van der Waals surface area (Å²) >= 11 is 3.92. The maximum atomic E-state index is 10.8. The number of amides is 1. The van der Waals surface area contributed by atoms with Crippen molar-refractivity contribution < 1.29 is 14.7 Å². The summed E-state index contributed by atoms with van der Waals surface area (Å²) in [6, 6.07) is 0. The van der Waals surface area contributed by atoms with Crippen molar-refractivity contribution in [2.24, 2.45) is 0 Å². The fraction of sp³-hybridized carbons (Fsp3) is 0.667. The predicted octanol–water partition coefficient (Wildman–Crippen LogP) is -0.104. The lowest BCUT2D eigenvalue weighted by molar-refractivity contribution is -0.137. The Hall–Kier alpha value is -0.710. The fourth-order valence-corrected chi connectivity index (χ4v) is 0.557. The first kappa shape index (κ1) is 10.3. The van der Waals surface area contributed by atoms with Gasteiger partial charge in [-0.1, -0.05) is 6.92 Å². The van der Waals surface area contributed by atoms with Gasteiger partial charge in [0.15, 0.2) is 0 Å². The van der Waals surface area contributed by atoms with E-state index in [9.17, 15) is 9.59 Å². The molecule has 5 heteroatoms. The van der Waals surface area contributed by atoms with E-state index in [0.29, 0.717) is 6.42 Å². The molecular weight excluding hydrogens is 166 g/mol. The van der Waals surface area contributed by atoms with Crippen molar-refractivity contribution in [2.45, 2.75) is 18.6 Å². The lowest BCUT2D eigenvalue weighted by Crippen LogP contribution is -2.34. The Balaban J connectivity index is 3.60. The molecule has 2 N–H and O–H groups in total. The van der Waals surface area contributed by atoms with Crippen LogP contribution >= 0.6 is 12.6 Å². The van der Waals surface area contributed by atoms with Crippen molar-refractivity contribution >= 4 is 24.5 Å². The number of carboxylic acids is 1. The third-order valence-corrected chi connectivity index (χ3v) is 1.70. The standard InChI is InChI=1S/C6H11NO3S/c1-2-4(11)6(10)7-3-5(8)9/h4,11H,2-3H2,1H3,(H,7,10)(H,8,9). The molecule has 1 atom stereocenters. The van der Waals surface area contributed by atoms with Gasteiger partial charge in [-0.25, -0.2) is 0 Å². The molecule has 0 spiro atoms. The van der Waals surface area contributed by atoms with Gasteiger partial charge in [0.1, 0.15) is 6.54 Å². The Morgan fingerprint density at radius 1 is 1.64 bits per heavy atom. The molecule has 0 bridgehead atoms. The van der Waals surface area contributed by atoms with Crippen LogP contribution in [0.1, 0.15) is 13.3 Å². The van der Waals surface area contributed by atoms with E-state index in [1.54, 1.807) is 6.92 Å². The van der Waals surface area contributed by atoms with Gasteiger partial charge in [0.05, 0.1) is 5.25 Å². The topological polar surface area (TPSA) is 66.4 Å². The number of thiol groups is 1. The Morgan fingerprint density at radius 2 is 2.18 bits per heavy atom. The smallest absolute Gasteiger partial charge is 0.322 e. The molecule has 0 saturated heterocycles. The van der Waals surface area contributed by atoms with Crippen LogP contribution in [0.5, 0.6) is 0 Å². The van der Waals surface area contributed by atoms with Gasteiger partial charge in [-0.2, -0.15) is 12.6 Å². The van der Waals surface area contributed by atoms with E-state index in [0.717, 1.165) is 0 Å². The molecule has 0 heterocycles. The second kappa shape index (κ2) is 5.01. The summed E-state index contributed by atoms with van der Waals surface area (Å²) in [6.45, 7) is 1.47. The van der Waals surface area contributed by atoms with Gasteiger partial charge in [-0.05, 0) is 6.42 Å². The van der Waals surface area contributed by atoms with E-state index in [1.165, 1.54) is 0 Å². The molecule has 0 aromatic carbocycles. The number of carboxylic acid groups (broad SMARTS) is 1. The lowest BCUT2D eigenvalue weighted by atomic mass is 10.3. The van der Waals surface area contributed by atoms with Crippen molar-refractivity contribution in [1.82, 2.24) is 5.32 Å². The minimum Gasteiger partial charge on any atom is -0.480 e. The highest BCUT2D eigenvalue weighted by Crippen LogP contribution is 1.98. The SMILES string of the molecule is CCC(S)C(=O)NCC(=O)O. The first-order chi connectivity index (χ1) is 5.07. The minimum absolute atomic E-state index is 0.335. The second-order valence-corrected chi connectivity index (χ2v) is 2.66. The monoisotopic (exact) mass is 177 g/mol. The highest BCUT2D eigenvalue weighted by molar-refractivity contribution is 7.81. The summed E-state index contributed by atoms with van der Waals surface area (Å²) in [5.41, 5.74) is 0. The number of hydrogen-bond donors (Lipinski definition) is 3. The number of rotatable bonds is 4. The zero-order valence-electron chi connectivity index (χ0n) is 6.20. The lowest BCUT2D eigenvalue weighted by Gasteiger charge is -2.06. The fourth-order valence-electron chi connectivity index (χ4n) is 0.466. The quantitative estimate of drug-likeness (QED) is 0.525. The molecule has 0 fully saturated rings. The summed E-state index contributed by atoms with van der Waals surface area (Å²) < 4.78 is 0. The molecule has 0 saturated carbocycles. The molecular formula is C6H11NO3S. The summed E-state index contributed by atoms with van der Waals surface area (Å²) in [7, 11) is 0. The zero-order chi connectivity index (χ0) is 8.85. The minimum atomic E-state index is -1.05. The summed E-state index contributed by atoms with van der Waals surface area (Å²) in [6.07, 6.45) is 0.592. The molecule has 11 heavy (non-hydrogen) atoms. The van der Waals surface area contributed by atoms with E-state index < -0.39 is 11.2 Å². The second-order valence-electron chi connectivity index (χ2n) is 2.04. The third-order valence-electron chi connectivity index (χ3n) is 1.10. The largest absolute Gasteiger partial charge is 0.480 e. The molecule has 0 aliphatic carbocycles. The number of aliphatic carboxylic acids is 1. The van der Waals surface area contributed by atoms with Crippen LogP contribution in [0.15, 0.2) is 0 Å². The first-order valence-electron chi connectivity index (χ1n) is 3.25. The Bertz CT molecular complexity index is 160. The maximum Gasteiger partial charge on any atom is 0.322 e. The van der Waals surface area contributed by atoms with E-state index in [1.807, 2.05) is 0 Å². The van der Waals surface area contributed by atoms with Crippen molar-refractivity contribution in [3.63, 3.8) is 0 Å². The number of carbonyl (C=O) groups is 2. The van der Waals surface area contributed by atoms with E-state index in [2.05, 4.69) is 17.9 Å². The van der Waals surface area contributed by atoms with Crippen LogP contribution in [0.4, 0.5) is 0 Å². The molecule has 0 rings (SSSR count). The van der Waals surface area contributed by atoms with E-state index in [-0.39, 0.29) is 12.5 Å². The van der Waals surface area contributed by atoms with E-state index >= 15 is 0 Å². The van der Waals surface area contributed by atoms with Gasteiger partial charge < -0.3 is 10.4 Å². The zero-order valence-corrected chi connectivity index (χ0v) is 7.10. The normalized spacial score (nSPS) is 12.2. The molecule has 0 aliphatic rings. The van der Waals surface area contributed by atoms with Crippen molar-refractivity contribution in [2.75, 3.05) is 6.54 Å². The summed E-state index contributed by atoms with van der Waals surface area (Å²) in [5, 5.41) is 9.99. The van der Waals surface area contributed by atoms with Crippen molar-refractivity contribution in [3.8, 4) is 0 Å². The Kier molecular flexibility index (Phi) is 4.69. The van der Waals surface area contributed by atoms with Crippen LogP contribution in [0.25, 0.3) is 0 Å². The maximum absolute atomic E-state index is 10.8. The highest BCUT2D eigenvalue weighted by Gasteiger charge is 2.11. The van der Waals surface area contributed by atoms with Gasteiger partial charge in [-0.3, -0.25) is 9.59 Å². The Morgan fingerprint density at radius 3 is 2.55 bits per heavy atom. The van der Waals surface area contributed by atoms with E-state index in [4.69, 9.17) is 5.11 Å². The molecule has 4 nitrogen and oxygen atoms in total. The van der Waals surface area contributed by atoms with Gasteiger partial charge in [0.25, 0.3) is 0 Å². The van der Waals surface area contributed by atoms with Gasteiger partial charge in [0, 0.05) is 0 Å². The number of nitrogens with one attached hydrogen (secondary N) is 1. The van der Waals surface area contributed by atoms with Crippen LogP contribution in [0.3, 0.4) is 0 Å². The molecule has 64 valence electrons. The highest BCUT2D eigenvalue weighted by atomic mass is 32.1. The summed E-state index contributed by atoms with van der Waals surface area (Å²) in [4.78, 5) is 20.8. The number of carbonyl (C=O) groups excluding carboxylic acids is 1. The van der Waals surface area contributed by atoms with Crippen LogP contribution < -0.4 is 5.32 Å². The van der Waals surface area contributed by atoms with Crippen LogP contribution in [0.2, 0.25) is 0 Å². The van der Waals surface area contributed by atoms with Crippen LogP contribution in [-0.2, 0) is 9.59 Å². The van der Waals surface area contributed by atoms with Crippen LogP contribution in [-0.4, -0.2) is 28.8 Å². The molecule has 1 amide bonds. The van der Waals surface area contributed by atoms with Crippen molar-refractivity contribution in [3.05, 3.63) is 0 Å². The first-order valence-corrected chi connectivity index (χ1v) is 3.77. The average molecular weight is 177 g/mol. The van der Waals surface area contributed by atoms with Gasteiger partial charge >= 0.3 is 5.97 Å². The van der Waals surface area contributed by atoms with Gasteiger partial charge in [-0.15, -0.1) is 0 Å². The molecule has 0 aliphatic heterocycles. The van der Waals surface area contributed by atoms with Crippen LogP contribution in [0, 0.1) is 0 Å². The average Bonchev–Trinajstić information content (AvgIpc) is 1.98. The predicted molar refractivity (Wildman–Crippen MR) is 43.7 cm³/mol. The molecule has 1 unspecified atom stereocenters. The Labute approximate surface area is 70.4 Å². The van der Waals surface area contributed by atoms with Crippen molar-refractivity contribution in [1.29, 1.82) is 0 Å². The molecule has 0 aromatic heterocycles.